The van der Waals surface area contributed by atoms with Gasteiger partial charge in [0.25, 0.3) is 0 Å². The van der Waals surface area contributed by atoms with Crippen molar-refractivity contribution in [2.75, 3.05) is 16.8 Å². The zero-order valence-electron chi connectivity index (χ0n) is 20.7. The van der Waals surface area contributed by atoms with Crippen molar-refractivity contribution < 1.29 is 9.59 Å². The van der Waals surface area contributed by atoms with E-state index in [1.807, 2.05) is 29.2 Å². The van der Waals surface area contributed by atoms with Crippen molar-refractivity contribution in [1.82, 2.24) is 30.0 Å². The molecule has 10 nitrogen and oxygen atoms in total. The third-order valence-electron chi connectivity index (χ3n) is 7.01. The molecule has 0 spiro atoms. The van der Waals surface area contributed by atoms with Crippen LogP contribution < -0.4 is 15.5 Å². The van der Waals surface area contributed by atoms with Gasteiger partial charge in [-0.05, 0) is 51.7 Å². The molecule has 1 saturated carbocycles. The van der Waals surface area contributed by atoms with E-state index in [9.17, 15) is 9.59 Å². The number of rotatable bonds is 9. The van der Waals surface area contributed by atoms with Gasteiger partial charge in [0.15, 0.2) is 0 Å². The van der Waals surface area contributed by atoms with E-state index in [0.717, 1.165) is 55.2 Å². The minimum absolute atomic E-state index is 0.0462. The summed E-state index contributed by atoms with van der Waals surface area (Å²) in [6, 6.07) is 4.25. The average Bonchev–Trinajstić information content (AvgIpc) is 3.65. The van der Waals surface area contributed by atoms with Gasteiger partial charge in [0.2, 0.25) is 18.3 Å². The predicted molar refractivity (Wildman–Crippen MR) is 137 cm³/mol. The minimum Gasteiger partial charge on any atom is -0.356 e. The van der Waals surface area contributed by atoms with Crippen LogP contribution in [0.1, 0.15) is 57.6 Å². The molecule has 5 rings (SSSR count). The highest BCUT2D eigenvalue weighted by Crippen LogP contribution is 2.31. The summed E-state index contributed by atoms with van der Waals surface area (Å²) in [7, 11) is 0. The largest absolute Gasteiger partial charge is 0.356 e. The molecule has 2 N–H and O–H groups in total. The van der Waals surface area contributed by atoms with E-state index in [-0.39, 0.29) is 17.9 Å². The van der Waals surface area contributed by atoms with Crippen LogP contribution in [-0.2, 0) is 16.0 Å². The highest BCUT2D eigenvalue weighted by Gasteiger charge is 2.30. The number of carbonyl (C=O) groups excluding carboxylic acids is 2. The lowest BCUT2D eigenvalue weighted by Gasteiger charge is -2.26. The quantitative estimate of drug-likeness (QED) is 0.442. The van der Waals surface area contributed by atoms with Crippen molar-refractivity contribution in [2.24, 2.45) is 5.92 Å². The van der Waals surface area contributed by atoms with E-state index >= 15 is 0 Å². The van der Waals surface area contributed by atoms with E-state index in [2.05, 4.69) is 39.5 Å². The first-order valence-electron chi connectivity index (χ1n) is 12.7. The molecule has 1 aliphatic carbocycles. The maximum Gasteiger partial charge on any atom is 0.230 e. The van der Waals surface area contributed by atoms with Crippen molar-refractivity contribution in [2.45, 2.75) is 64.5 Å². The van der Waals surface area contributed by atoms with Gasteiger partial charge in [-0.25, -0.2) is 9.97 Å². The van der Waals surface area contributed by atoms with Crippen molar-refractivity contribution in [3.8, 4) is 11.1 Å². The summed E-state index contributed by atoms with van der Waals surface area (Å²) in [5.41, 5.74) is 2.78. The maximum absolute atomic E-state index is 12.2. The maximum atomic E-state index is 12.2. The molecular weight excluding hydrogens is 456 g/mol. The van der Waals surface area contributed by atoms with Crippen molar-refractivity contribution in [3.05, 3.63) is 42.5 Å². The number of anilines is 3. The van der Waals surface area contributed by atoms with Crippen LogP contribution >= 0.6 is 0 Å². The van der Waals surface area contributed by atoms with Crippen molar-refractivity contribution in [3.63, 3.8) is 0 Å². The summed E-state index contributed by atoms with van der Waals surface area (Å²) < 4.78 is 1.91. The molecule has 188 valence electrons. The first kappa shape index (κ1) is 23.9. The molecular formula is C26H32N8O2. The summed E-state index contributed by atoms with van der Waals surface area (Å²) in [4.78, 5) is 39.9. The molecule has 2 aliphatic rings. The van der Waals surface area contributed by atoms with Gasteiger partial charge in [-0.15, -0.1) is 0 Å². The number of aromatic nitrogens is 5. The lowest BCUT2D eigenvalue weighted by atomic mass is 9.99. The van der Waals surface area contributed by atoms with Crippen LogP contribution in [0.15, 0.2) is 36.9 Å². The predicted octanol–water partition coefficient (Wildman–Crippen LogP) is 3.64. The first-order chi connectivity index (χ1) is 17.5. The molecule has 3 aromatic rings. The van der Waals surface area contributed by atoms with Gasteiger partial charge in [-0.2, -0.15) is 10.1 Å². The van der Waals surface area contributed by atoms with Gasteiger partial charge in [0.05, 0.1) is 6.20 Å². The zero-order chi connectivity index (χ0) is 25.1. The third-order valence-corrected chi connectivity index (χ3v) is 7.01. The van der Waals surface area contributed by atoms with Crippen molar-refractivity contribution in [1.29, 1.82) is 0 Å². The second-order valence-corrected chi connectivity index (χ2v) is 9.83. The smallest absolute Gasteiger partial charge is 0.230 e. The van der Waals surface area contributed by atoms with Crippen LogP contribution in [0.5, 0.6) is 0 Å². The molecule has 1 aliphatic heterocycles. The lowest BCUT2D eigenvalue weighted by Crippen LogP contribution is -2.34. The van der Waals surface area contributed by atoms with E-state index < -0.39 is 0 Å². The standard InChI is InChI=1S/C26H32N8O2/c1-17(2)34-15-21(14-30-34)19-7-8-23(28-12-19)31-26-29-13-20(11-18-9-10-27-25(18)36)24(32-26)33(16-35)22-5-3-4-6-22/h7-8,12-18,22H,3-6,9-11H2,1-2H3,(H,27,36)(H,28,29,31,32)/t18-/m0/s1. The van der Waals surface area contributed by atoms with Crippen LogP contribution in [0.25, 0.3) is 11.1 Å². The molecule has 2 amide bonds. The summed E-state index contributed by atoms with van der Waals surface area (Å²) in [6.45, 7) is 4.85. The average molecular weight is 489 g/mol. The molecule has 0 aromatic carbocycles. The van der Waals surface area contributed by atoms with Gasteiger partial charge >= 0.3 is 0 Å². The fourth-order valence-electron chi connectivity index (χ4n) is 4.94. The summed E-state index contributed by atoms with van der Waals surface area (Å²) >= 11 is 0. The minimum atomic E-state index is -0.127. The molecule has 3 aromatic heterocycles. The molecule has 2 fully saturated rings. The Kier molecular flexibility index (Phi) is 6.92. The molecule has 0 bridgehead atoms. The van der Waals surface area contributed by atoms with Crippen LogP contribution in [0.3, 0.4) is 0 Å². The lowest BCUT2D eigenvalue weighted by molar-refractivity contribution is -0.122. The molecule has 36 heavy (non-hydrogen) atoms. The molecule has 0 radical (unpaired) electrons. The number of carbonyl (C=O) groups is 2. The Bertz CT molecular complexity index is 1220. The van der Waals surface area contributed by atoms with Gasteiger partial charge in [0, 0.05) is 59.8 Å². The van der Waals surface area contributed by atoms with E-state index in [4.69, 9.17) is 4.98 Å². The van der Waals surface area contributed by atoms with Gasteiger partial charge in [-0.1, -0.05) is 12.8 Å². The number of nitrogens with zero attached hydrogens (tertiary/aromatic N) is 6. The number of amides is 2. The summed E-state index contributed by atoms with van der Waals surface area (Å²) in [5, 5.41) is 10.4. The molecule has 1 saturated heterocycles. The Labute approximate surface area is 210 Å². The highest BCUT2D eigenvalue weighted by molar-refractivity contribution is 5.82. The molecule has 10 heteroatoms. The third kappa shape index (κ3) is 5.07. The van der Waals surface area contributed by atoms with Crippen molar-refractivity contribution >= 4 is 29.9 Å². The van der Waals surface area contributed by atoms with Gasteiger partial charge < -0.3 is 10.6 Å². The summed E-state index contributed by atoms with van der Waals surface area (Å²) in [6.07, 6.45) is 13.6. The van der Waals surface area contributed by atoms with Crippen LogP contribution in [0.4, 0.5) is 17.6 Å². The SMILES string of the molecule is CC(C)n1cc(-c2ccc(Nc3ncc(C[C@@H]4CCNC4=O)c(N(C=O)C4CCCC4)n3)nc2)cn1. The van der Waals surface area contributed by atoms with Crippen LogP contribution in [0, 0.1) is 5.92 Å². The van der Waals surface area contributed by atoms with E-state index in [0.29, 0.717) is 36.6 Å². The fourth-order valence-corrected chi connectivity index (χ4v) is 4.94. The molecule has 4 heterocycles. The topological polar surface area (TPSA) is 118 Å². The Morgan fingerprint density at radius 1 is 1.14 bits per heavy atom. The second kappa shape index (κ2) is 10.4. The second-order valence-electron chi connectivity index (χ2n) is 9.83. The van der Waals surface area contributed by atoms with Crippen LogP contribution in [-0.4, -0.2) is 49.6 Å². The summed E-state index contributed by atoms with van der Waals surface area (Å²) in [5.74, 6) is 1.46. The van der Waals surface area contributed by atoms with Gasteiger partial charge in [-0.3, -0.25) is 19.2 Å². The monoisotopic (exact) mass is 488 g/mol. The van der Waals surface area contributed by atoms with Gasteiger partial charge in [0.1, 0.15) is 11.6 Å². The highest BCUT2D eigenvalue weighted by atomic mass is 16.2. The van der Waals surface area contributed by atoms with E-state index in [1.165, 1.54) is 0 Å². The number of hydrogen-bond acceptors (Lipinski definition) is 7. The zero-order valence-corrected chi connectivity index (χ0v) is 20.7. The molecule has 1 atom stereocenters. The Balaban J connectivity index is 1.38. The number of nitrogens with one attached hydrogen (secondary N) is 2. The normalized spacial score (nSPS) is 18.0. The Hall–Kier alpha value is -3.82. The number of hydrogen-bond donors (Lipinski definition) is 2. The fraction of sp³-hybridized carbons (Fsp3) is 0.462. The van der Waals surface area contributed by atoms with Crippen LogP contribution in [0.2, 0.25) is 0 Å². The number of pyridine rings is 1. The molecule has 0 unspecified atom stereocenters. The Morgan fingerprint density at radius 3 is 2.61 bits per heavy atom. The first-order valence-corrected chi connectivity index (χ1v) is 12.7. The Morgan fingerprint density at radius 2 is 1.97 bits per heavy atom. The van der Waals surface area contributed by atoms with E-state index in [1.54, 1.807) is 17.3 Å².